The van der Waals surface area contributed by atoms with E-state index in [1.54, 1.807) is 16.7 Å². The summed E-state index contributed by atoms with van der Waals surface area (Å²) in [5, 5.41) is 2.96. The average Bonchev–Trinajstić information content (AvgIpc) is 2.78. The first-order chi connectivity index (χ1) is 9.92. The first kappa shape index (κ1) is 16.2. The normalized spacial score (nSPS) is 22.3. The SMILES string of the molecule is CSc1ccc(NC(=O)N(C)CC2(C)CCN(C)C2)cc1. The predicted molar refractivity (Wildman–Crippen MR) is 90.1 cm³/mol. The van der Waals surface area contributed by atoms with Crippen LogP contribution in [0.15, 0.2) is 29.2 Å². The van der Waals surface area contributed by atoms with Crippen LogP contribution < -0.4 is 5.32 Å². The molecule has 1 aromatic rings. The molecule has 1 heterocycles. The van der Waals surface area contributed by atoms with Crippen molar-refractivity contribution in [2.24, 2.45) is 5.41 Å². The summed E-state index contributed by atoms with van der Waals surface area (Å²) in [6.45, 7) is 5.20. The van der Waals surface area contributed by atoms with Crippen LogP contribution in [-0.2, 0) is 0 Å². The molecule has 2 rings (SSSR count). The third-order valence-corrected chi connectivity index (χ3v) is 4.80. The molecule has 5 heteroatoms. The van der Waals surface area contributed by atoms with Gasteiger partial charge >= 0.3 is 6.03 Å². The Bertz CT molecular complexity index is 491. The Morgan fingerprint density at radius 1 is 1.43 bits per heavy atom. The average molecular weight is 307 g/mol. The maximum atomic E-state index is 12.3. The number of carbonyl (C=O) groups is 1. The van der Waals surface area contributed by atoms with Crippen LogP contribution in [0.25, 0.3) is 0 Å². The summed E-state index contributed by atoms with van der Waals surface area (Å²) in [4.78, 5) is 17.6. The largest absolute Gasteiger partial charge is 0.327 e. The van der Waals surface area contributed by atoms with Crippen molar-refractivity contribution in [2.45, 2.75) is 18.2 Å². The summed E-state index contributed by atoms with van der Waals surface area (Å²) in [6, 6.07) is 7.90. The van der Waals surface area contributed by atoms with Gasteiger partial charge in [-0.1, -0.05) is 6.92 Å². The second kappa shape index (κ2) is 6.71. The fourth-order valence-corrected chi connectivity index (χ4v) is 3.35. The minimum absolute atomic E-state index is 0.0392. The molecule has 116 valence electrons. The minimum Gasteiger partial charge on any atom is -0.327 e. The lowest BCUT2D eigenvalue weighted by Crippen LogP contribution is -2.40. The molecule has 0 aromatic heterocycles. The van der Waals surface area contributed by atoms with Gasteiger partial charge in [-0.3, -0.25) is 0 Å². The van der Waals surface area contributed by atoms with Gasteiger partial charge in [0.1, 0.15) is 0 Å². The van der Waals surface area contributed by atoms with Crippen molar-refractivity contribution >= 4 is 23.5 Å². The molecule has 0 spiro atoms. The summed E-state index contributed by atoms with van der Waals surface area (Å²) >= 11 is 1.70. The number of thioether (sulfide) groups is 1. The van der Waals surface area contributed by atoms with Crippen molar-refractivity contribution in [3.63, 3.8) is 0 Å². The molecule has 1 atom stereocenters. The fraction of sp³-hybridized carbons (Fsp3) is 0.562. The summed E-state index contributed by atoms with van der Waals surface area (Å²) in [6.07, 6.45) is 3.18. The van der Waals surface area contributed by atoms with E-state index in [1.807, 2.05) is 37.6 Å². The Balaban J connectivity index is 1.90. The van der Waals surface area contributed by atoms with Crippen molar-refractivity contribution in [2.75, 3.05) is 45.3 Å². The minimum atomic E-state index is -0.0392. The predicted octanol–water partition coefficient (Wildman–Crippen LogP) is 3.21. The van der Waals surface area contributed by atoms with E-state index in [-0.39, 0.29) is 11.4 Å². The zero-order valence-electron chi connectivity index (χ0n) is 13.3. The van der Waals surface area contributed by atoms with Crippen molar-refractivity contribution in [3.05, 3.63) is 24.3 Å². The molecule has 1 unspecified atom stereocenters. The second-order valence-corrected chi connectivity index (χ2v) is 7.19. The van der Waals surface area contributed by atoms with E-state index in [1.165, 1.54) is 4.90 Å². The molecule has 0 aliphatic carbocycles. The van der Waals surface area contributed by atoms with E-state index in [0.29, 0.717) is 0 Å². The first-order valence-corrected chi connectivity index (χ1v) is 8.49. The van der Waals surface area contributed by atoms with Gasteiger partial charge in [0.15, 0.2) is 0 Å². The fourth-order valence-electron chi connectivity index (χ4n) is 2.94. The number of amides is 2. The number of carbonyl (C=O) groups excluding carboxylic acids is 1. The van der Waals surface area contributed by atoms with Crippen LogP contribution in [0.4, 0.5) is 10.5 Å². The highest BCUT2D eigenvalue weighted by atomic mass is 32.2. The number of benzene rings is 1. The van der Waals surface area contributed by atoms with Crippen LogP contribution >= 0.6 is 11.8 Å². The van der Waals surface area contributed by atoms with Crippen molar-refractivity contribution < 1.29 is 4.79 Å². The van der Waals surface area contributed by atoms with E-state index in [0.717, 1.165) is 31.7 Å². The van der Waals surface area contributed by atoms with E-state index in [9.17, 15) is 4.79 Å². The number of rotatable bonds is 4. The Labute approximate surface area is 131 Å². The summed E-state index contributed by atoms with van der Waals surface area (Å²) in [5.41, 5.74) is 1.04. The Morgan fingerprint density at radius 3 is 2.62 bits per heavy atom. The van der Waals surface area contributed by atoms with Gasteiger partial charge in [0.2, 0.25) is 0 Å². The summed E-state index contributed by atoms with van der Waals surface area (Å²) in [5.74, 6) is 0. The standard InChI is InChI=1S/C16H25N3OS/c1-16(9-10-18(2)11-16)12-19(3)15(20)17-13-5-7-14(21-4)8-6-13/h5-8H,9-12H2,1-4H3,(H,17,20). The second-order valence-electron chi connectivity index (χ2n) is 6.31. The zero-order valence-corrected chi connectivity index (χ0v) is 14.2. The number of hydrogen-bond acceptors (Lipinski definition) is 3. The van der Waals surface area contributed by atoms with E-state index < -0.39 is 0 Å². The van der Waals surface area contributed by atoms with Crippen LogP contribution in [0.3, 0.4) is 0 Å². The van der Waals surface area contributed by atoms with E-state index in [2.05, 4.69) is 24.2 Å². The maximum Gasteiger partial charge on any atom is 0.321 e. The third kappa shape index (κ3) is 4.38. The van der Waals surface area contributed by atoms with Crippen LogP contribution in [0, 0.1) is 5.41 Å². The monoisotopic (exact) mass is 307 g/mol. The Hall–Kier alpha value is -1.20. The molecule has 1 saturated heterocycles. The molecule has 0 bridgehead atoms. The molecule has 2 amide bonds. The van der Waals surface area contributed by atoms with Gasteiger partial charge in [-0.25, -0.2) is 4.79 Å². The number of nitrogens with zero attached hydrogens (tertiary/aromatic N) is 2. The highest BCUT2D eigenvalue weighted by molar-refractivity contribution is 7.98. The van der Waals surface area contributed by atoms with E-state index >= 15 is 0 Å². The number of anilines is 1. The number of urea groups is 1. The van der Waals surface area contributed by atoms with Gasteiger partial charge in [-0.05, 0) is 55.9 Å². The van der Waals surface area contributed by atoms with Gasteiger partial charge in [0.25, 0.3) is 0 Å². The number of likely N-dealkylation sites (tertiary alicyclic amines) is 1. The van der Waals surface area contributed by atoms with Crippen LogP contribution in [0.1, 0.15) is 13.3 Å². The van der Waals surface area contributed by atoms with Crippen molar-refractivity contribution in [1.82, 2.24) is 9.80 Å². The molecule has 0 saturated carbocycles. The van der Waals surface area contributed by atoms with Crippen LogP contribution in [-0.4, -0.2) is 55.8 Å². The van der Waals surface area contributed by atoms with Gasteiger partial charge in [0, 0.05) is 30.7 Å². The number of hydrogen-bond donors (Lipinski definition) is 1. The first-order valence-electron chi connectivity index (χ1n) is 7.27. The molecule has 0 radical (unpaired) electrons. The van der Waals surface area contributed by atoms with Crippen LogP contribution in [0.2, 0.25) is 0 Å². The molecular weight excluding hydrogens is 282 g/mol. The van der Waals surface area contributed by atoms with E-state index in [4.69, 9.17) is 0 Å². The lowest BCUT2D eigenvalue weighted by atomic mass is 9.89. The maximum absolute atomic E-state index is 12.3. The molecule has 1 N–H and O–H groups in total. The van der Waals surface area contributed by atoms with Crippen LogP contribution in [0.5, 0.6) is 0 Å². The Kier molecular flexibility index (Phi) is 5.17. The topological polar surface area (TPSA) is 35.6 Å². The van der Waals surface area contributed by atoms with Gasteiger partial charge in [-0.15, -0.1) is 11.8 Å². The van der Waals surface area contributed by atoms with Gasteiger partial charge in [0.05, 0.1) is 0 Å². The Morgan fingerprint density at radius 2 is 2.10 bits per heavy atom. The zero-order chi connectivity index (χ0) is 15.5. The van der Waals surface area contributed by atoms with Gasteiger partial charge in [-0.2, -0.15) is 0 Å². The van der Waals surface area contributed by atoms with Crippen molar-refractivity contribution in [1.29, 1.82) is 0 Å². The van der Waals surface area contributed by atoms with Gasteiger partial charge < -0.3 is 15.1 Å². The molecule has 1 aromatic carbocycles. The molecule has 21 heavy (non-hydrogen) atoms. The smallest absolute Gasteiger partial charge is 0.321 e. The quantitative estimate of drug-likeness (QED) is 0.868. The van der Waals surface area contributed by atoms with Crippen molar-refractivity contribution in [3.8, 4) is 0 Å². The third-order valence-electron chi connectivity index (χ3n) is 4.06. The lowest BCUT2D eigenvalue weighted by Gasteiger charge is -2.30. The molecule has 1 aliphatic heterocycles. The molecule has 4 nitrogen and oxygen atoms in total. The molecule has 1 fully saturated rings. The lowest BCUT2D eigenvalue weighted by molar-refractivity contribution is 0.188. The number of nitrogens with one attached hydrogen (secondary N) is 1. The highest BCUT2D eigenvalue weighted by Gasteiger charge is 2.34. The summed E-state index contributed by atoms with van der Waals surface area (Å²) in [7, 11) is 4.01. The highest BCUT2D eigenvalue weighted by Crippen LogP contribution is 2.29. The molecular formula is C16H25N3OS. The molecule has 1 aliphatic rings. The summed E-state index contributed by atoms with van der Waals surface area (Å²) < 4.78 is 0.